The second kappa shape index (κ2) is 8.34. The summed E-state index contributed by atoms with van der Waals surface area (Å²) in [5, 5.41) is 5.92. The van der Waals surface area contributed by atoms with Crippen LogP contribution in [0.25, 0.3) is 0 Å². The number of hydrogen-bond donors (Lipinski definition) is 2. The summed E-state index contributed by atoms with van der Waals surface area (Å²) in [6.07, 6.45) is 1.79. The Morgan fingerprint density at radius 1 is 1.28 bits per heavy atom. The van der Waals surface area contributed by atoms with Gasteiger partial charge >= 0.3 is 0 Å². The van der Waals surface area contributed by atoms with Crippen LogP contribution >= 0.6 is 0 Å². The van der Waals surface area contributed by atoms with Gasteiger partial charge in [0.2, 0.25) is 11.8 Å². The topological polar surface area (TPSA) is 70.7 Å². The van der Waals surface area contributed by atoms with Gasteiger partial charge in [-0.05, 0) is 52.3 Å². The molecule has 2 rings (SSSR count). The minimum atomic E-state index is -0.236. The molecule has 1 aromatic carbocycles. The van der Waals surface area contributed by atoms with Crippen LogP contribution in [0, 0.1) is 5.92 Å². The van der Waals surface area contributed by atoms with Crippen LogP contribution in [0.4, 0.5) is 5.69 Å². The molecule has 1 aliphatic heterocycles. The van der Waals surface area contributed by atoms with Gasteiger partial charge in [0.1, 0.15) is 5.75 Å². The molecule has 0 saturated carbocycles. The van der Waals surface area contributed by atoms with Gasteiger partial charge in [-0.1, -0.05) is 12.1 Å². The Labute approximate surface area is 149 Å². The van der Waals surface area contributed by atoms with Gasteiger partial charge in [0, 0.05) is 12.1 Å². The number of rotatable bonds is 5. The lowest BCUT2D eigenvalue weighted by molar-refractivity contribution is -0.129. The Morgan fingerprint density at radius 3 is 2.68 bits per heavy atom. The molecule has 6 heteroatoms. The van der Waals surface area contributed by atoms with E-state index in [9.17, 15) is 9.59 Å². The molecule has 1 saturated heterocycles. The predicted molar refractivity (Wildman–Crippen MR) is 98.7 cm³/mol. The van der Waals surface area contributed by atoms with Gasteiger partial charge in [-0.2, -0.15) is 0 Å². The molecule has 1 aromatic rings. The minimum absolute atomic E-state index is 0.0629. The van der Waals surface area contributed by atoms with E-state index in [2.05, 4.69) is 10.6 Å². The van der Waals surface area contributed by atoms with E-state index < -0.39 is 0 Å². The summed E-state index contributed by atoms with van der Waals surface area (Å²) in [6, 6.07) is 7.33. The number of para-hydroxylation sites is 2. The number of likely N-dealkylation sites (tertiary alicyclic amines) is 1. The number of methoxy groups -OCH3 is 1. The maximum atomic E-state index is 12.4. The lowest BCUT2D eigenvalue weighted by atomic mass is 9.95. The third-order valence-electron chi connectivity index (χ3n) is 4.12. The van der Waals surface area contributed by atoms with Crippen molar-refractivity contribution >= 4 is 17.5 Å². The number of nitrogens with zero attached hydrogens (tertiary/aromatic N) is 1. The lowest BCUT2D eigenvalue weighted by Gasteiger charge is -2.33. The molecule has 6 nitrogen and oxygen atoms in total. The van der Waals surface area contributed by atoms with Crippen molar-refractivity contribution in [2.45, 2.75) is 39.2 Å². The number of hydrogen-bond acceptors (Lipinski definition) is 4. The van der Waals surface area contributed by atoms with Crippen LogP contribution in [0.1, 0.15) is 33.6 Å². The molecule has 0 aromatic heterocycles. The van der Waals surface area contributed by atoms with E-state index in [1.54, 1.807) is 7.11 Å². The minimum Gasteiger partial charge on any atom is -0.495 e. The first-order valence-corrected chi connectivity index (χ1v) is 8.76. The van der Waals surface area contributed by atoms with E-state index in [1.165, 1.54) is 0 Å². The molecule has 138 valence electrons. The Morgan fingerprint density at radius 2 is 2.00 bits per heavy atom. The van der Waals surface area contributed by atoms with Crippen LogP contribution in [0.3, 0.4) is 0 Å². The van der Waals surface area contributed by atoms with Crippen LogP contribution in [0.5, 0.6) is 5.75 Å². The maximum Gasteiger partial charge on any atom is 0.238 e. The monoisotopic (exact) mass is 347 g/mol. The predicted octanol–water partition coefficient (Wildman–Crippen LogP) is 2.26. The first kappa shape index (κ1) is 19.2. The van der Waals surface area contributed by atoms with Gasteiger partial charge in [-0.15, -0.1) is 0 Å². The third-order valence-corrected chi connectivity index (χ3v) is 4.12. The number of amides is 2. The number of carbonyl (C=O) groups is 2. The molecule has 25 heavy (non-hydrogen) atoms. The molecule has 1 atom stereocenters. The van der Waals surface area contributed by atoms with E-state index in [0.717, 1.165) is 19.4 Å². The summed E-state index contributed by atoms with van der Waals surface area (Å²) >= 11 is 0. The summed E-state index contributed by atoms with van der Waals surface area (Å²) in [5.41, 5.74) is 0.426. The first-order chi connectivity index (χ1) is 11.8. The highest BCUT2D eigenvalue weighted by Crippen LogP contribution is 2.23. The van der Waals surface area contributed by atoms with Crippen LogP contribution < -0.4 is 15.4 Å². The highest BCUT2D eigenvalue weighted by Gasteiger charge is 2.28. The van der Waals surface area contributed by atoms with Crippen molar-refractivity contribution in [1.82, 2.24) is 10.2 Å². The number of piperidine rings is 1. The zero-order valence-electron chi connectivity index (χ0n) is 15.6. The number of benzene rings is 1. The van der Waals surface area contributed by atoms with Crippen molar-refractivity contribution in [3.8, 4) is 5.75 Å². The van der Waals surface area contributed by atoms with E-state index in [-0.39, 0.29) is 29.8 Å². The third kappa shape index (κ3) is 6.05. The number of anilines is 1. The molecule has 0 radical (unpaired) electrons. The number of carbonyl (C=O) groups excluding carboxylic acids is 2. The Hall–Kier alpha value is -2.08. The molecule has 2 amide bonds. The van der Waals surface area contributed by atoms with Gasteiger partial charge in [0.05, 0.1) is 25.3 Å². The van der Waals surface area contributed by atoms with Crippen molar-refractivity contribution < 1.29 is 14.3 Å². The zero-order valence-corrected chi connectivity index (χ0v) is 15.6. The Kier molecular flexibility index (Phi) is 6.42. The van der Waals surface area contributed by atoms with E-state index in [1.807, 2.05) is 49.9 Å². The van der Waals surface area contributed by atoms with Crippen LogP contribution in [-0.4, -0.2) is 49.0 Å². The smallest absolute Gasteiger partial charge is 0.238 e. The van der Waals surface area contributed by atoms with Crippen LogP contribution in [-0.2, 0) is 9.59 Å². The van der Waals surface area contributed by atoms with Crippen molar-refractivity contribution in [2.75, 3.05) is 32.1 Å². The zero-order chi connectivity index (χ0) is 18.4. The average molecular weight is 347 g/mol. The lowest BCUT2D eigenvalue weighted by Crippen LogP contribution is -2.49. The molecule has 0 aliphatic carbocycles. The molecule has 0 spiro atoms. The molecule has 1 fully saturated rings. The van der Waals surface area contributed by atoms with E-state index in [4.69, 9.17) is 4.74 Å². The fourth-order valence-electron chi connectivity index (χ4n) is 3.03. The molecule has 2 N–H and O–H groups in total. The van der Waals surface area contributed by atoms with Crippen molar-refractivity contribution in [3.05, 3.63) is 24.3 Å². The maximum absolute atomic E-state index is 12.4. The van der Waals surface area contributed by atoms with Crippen molar-refractivity contribution in [1.29, 1.82) is 0 Å². The fourth-order valence-corrected chi connectivity index (χ4v) is 3.03. The van der Waals surface area contributed by atoms with Gasteiger partial charge < -0.3 is 15.4 Å². The summed E-state index contributed by atoms with van der Waals surface area (Å²) in [7, 11) is 1.58. The number of nitrogens with one attached hydrogen (secondary N) is 2. The standard InChI is InChI=1S/C19H29N3O3/c1-19(2,3)21-18(24)14-8-7-11-22(12-14)13-17(23)20-15-9-5-6-10-16(15)25-4/h5-6,9-10,14H,7-8,11-13H2,1-4H3,(H,20,23)(H,21,24). The van der Waals surface area contributed by atoms with E-state index in [0.29, 0.717) is 18.0 Å². The molecule has 1 unspecified atom stereocenters. The SMILES string of the molecule is COc1ccccc1NC(=O)CN1CCCC(C(=O)NC(C)(C)C)C1. The van der Waals surface area contributed by atoms with Crippen molar-refractivity contribution in [2.24, 2.45) is 5.92 Å². The quantitative estimate of drug-likeness (QED) is 0.857. The van der Waals surface area contributed by atoms with Gasteiger partial charge in [0.25, 0.3) is 0 Å². The molecule has 1 heterocycles. The van der Waals surface area contributed by atoms with Crippen LogP contribution in [0.15, 0.2) is 24.3 Å². The average Bonchev–Trinajstić information content (AvgIpc) is 2.54. The normalized spacial score (nSPS) is 18.5. The highest BCUT2D eigenvalue weighted by molar-refractivity contribution is 5.93. The van der Waals surface area contributed by atoms with Gasteiger partial charge in [0.15, 0.2) is 0 Å². The second-order valence-corrected chi connectivity index (χ2v) is 7.56. The molecule has 0 bridgehead atoms. The molecular formula is C19H29N3O3. The fraction of sp³-hybridized carbons (Fsp3) is 0.579. The summed E-state index contributed by atoms with van der Waals surface area (Å²) in [4.78, 5) is 26.8. The second-order valence-electron chi connectivity index (χ2n) is 7.56. The summed E-state index contributed by atoms with van der Waals surface area (Å²) in [5.74, 6) is 0.549. The van der Waals surface area contributed by atoms with Crippen molar-refractivity contribution in [3.63, 3.8) is 0 Å². The largest absolute Gasteiger partial charge is 0.495 e. The Balaban J connectivity index is 1.89. The van der Waals surface area contributed by atoms with Gasteiger partial charge in [-0.3, -0.25) is 14.5 Å². The molecule has 1 aliphatic rings. The van der Waals surface area contributed by atoms with Gasteiger partial charge in [-0.25, -0.2) is 0 Å². The number of ether oxygens (including phenoxy) is 1. The van der Waals surface area contributed by atoms with Crippen LogP contribution in [0.2, 0.25) is 0 Å². The Bertz CT molecular complexity index is 610. The highest BCUT2D eigenvalue weighted by atomic mass is 16.5. The summed E-state index contributed by atoms with van der Waals surface area (Å²) in [6.45, 7) is 7.65. The first-order valence-electron chi connectivity index (χ1n) is 8.76. The summed E-state index contributed by atoms with van der Waals surface area (Å²) < 4.78 is 5.25. The molecular weight excluding hydrogens is 318 g/mol. The van der Waals surface area contributed by atoms with E-state index >= 15 is 0 Å².